The highest BCUT2D eigenvalue weighted by Gasteiger charge is 2.28. The smallest absolute Gasteiger partial charge is 0.205 e. The summed E-state index contributed by atoms with van der Waals surface area (Å²) < 4.78 is 6.04. The fraction of sp³-hybridized carbons (Fsp3) is 0.583. The molecule has 0 amide bonds. The van der Waals surface area contributed by atoms with Crippen molar-refractivity contribution < 1.29 is 4.43 Å². The SMILES string of the molecule is C[Si](C)OC(c1ccccn1)C(C)(C)C. The first kappa shape index (κ1) is 12.4. The summed E-state index contributed by atoms with van der Waals surface area (Å²) in [5.41, 5.74) is 1.13. The maximum Gasteiger partial charge on any atom is 0.205 e. The predicted octanol–water partition coefficient (Wildman–Crippen LogP) is 3.44. The van der Waals surface area contributed by atoms with Crippen molar-refractivity contribution in [3.05, 3.63) is 30.1 Å². The van der Waals surface area contributed by atoms with E-state index in [-0.39, 0.29) is 11.5 Å². The van der Waals surface area contributed by atoms with Crippen molar-refractivity contribution in [1.29, 1.82) is 0 Å². The van der Waals surface area contributed by atoms with Gasteiger partial charge in [-0.1, -0.05) is 26.8 Å². The molecule has 1 heterocycles. The predicted molar refractivity (Wildman–Crippen MR) is 65.0 cm³/mol. The summed E-state index contributed by atoms with van der Waals surface area (Å²) in [6.45, 7) is 10.9. The highest BCUT2D eigenvalue weighted by atomic mass is 28.3. The fourth-order valence-corrected chi connectivity index (χ4v) is 2.39. The number of nitrogens with zero attached hydrogens (tertiary/aromatic N) is 1. The van der Waals surface area contributed by atoms with Gasteiger partial charge in [-0.3, -0.25) is 4.98 Å². The summed E-state index contributed by atoms with van der Waals surface area (Å²) in [5, 5.41) is 0. The van der Waals surface area contributed by atoms with E-state index < -0.39 is 9.04 Å². The van der Waals surface area contributed by atoms with Crippen molar-refractivity contribution in [3.8, 4) is 0 Å². The fourth-order valence-electron chi connectivity index (χ4n) is 1.45. The Morgan fingerprint density at radius 3 is 2.33 bits per heavy atom. The Hall–Kier alpha value is -0.673. The molecule has 1 radical (unpaired) electrons. The second-order valence-electron chi connectivity index (χ2n) is 5.03. The summed E-state index contributed by atoms with van der Waals surface area (Å²) >= 11 is 0. The van der Waals surface area contributed by atoms with Gasteiger partial charge in [0.15, 0.2) is 0 Å². The van der Waals surface area contributed by atoms with E-state index in [0.29, 0.717) is 0 Å². The molecule has 0 saturated carbocycles. The van der Waals surface area contributed by atoms with Crippen LogP contribution in [0.3, 0.4) is 0 Å². The van der Waals surface area contributed by atoms with Crippen LogP contribution in [0.1, 0.15) is 32.6 Å². The molecular formula is C12H20NOSi. The molecule has 3 heteroatoms. The zero-order chi connectivity index (χ0) is 11.5. The van der Waals surface area contributed by atoms with E-state index in [0.717, 1.165) is 5.69 Å². The monoisotopic (exact) mass is 222 g/mol. The molecule has 0 spiro atoms. The van der Waals surface area contributed by atoms with Crippen LogP contribution in [0.15, 0.2) is 24.4 Å². The molecule has 1 aromatic heterocycles. The molecule has 83 valence electrons. The van der Waals surface area contributed by atoms with Gasteiger partial charge in [-0.15, -0.1) is 0 Å². The van der Waals surface area contributed by atoms with E-state index >= 15 is 0 Å². The minimum atomic E-state index is -0.703. The van der Waals surface area contributed by atoms with Crippen molar-refractivity contribution in [2.75, 3.05) is 0 Å². The molecule has 1 rings (SSSR count). The van der Waals surface area contributed by atoms with Crippen LogP contribution >= 0.6 is 0 Å². The molecule has 0 bridgehead atoms. The molecular weight excluding hydrogens is 202 g/mol. The van der Waals surface area contributed by atoms with Gasteiger partial charge in [0.05, 0.1) is 11.8 Å². The van der Waals surface area contributed by atoms with Gasteiger partial charge in [-0.25, -0.2) is 0 Å². The molecule has 0 aliphatic rings. The van der Waals surface area contributed by atoms with Gasteiger partial charge in [-0.05, 0) is 30.6 Å². The quantitative estimate of drug-likeness (QED) is 0.731. The van der Waals surface area contributed by atoms with Crippen molar-refractivity contribution in [3.63, 3.8) is 0 Å². The zero-order valence-electron chi connectivity index (χ0n) is 10.2. The number of hydrogen-bond donors (Lipinski definition) is 0. The minimum Gasteiger partial charge on any atom is -0.408 e. The van der Waals surface area contributed by atoms with E-state index in [2.05, 4.69) is 38.8 Å². The Kier molecular flexibility index (Phi) is 4.05. The van der Waals surface area contributed by atoms with Gasteiger partial charge in [0.1, 0.15) is 0 Å². The van der Waals surface area contributed by atoms with Gasteiger partial charge < -0.3 is 4.43 Å². The Morgan fingerprint density at radius 2 is 1.93 bits per heavy atom. The normalized spacial score (nSPS) is 14.3. The second kappa shape index (κ2) is 4.90. The van der Waals surface area contributed by atoms with Crippen LogP contribution in [0.5, 0.6) is 0 Å². The van der Waals surface area contributed by atoms with Crippen molar-refractivity contribution >= 4 is 9.04 Å². The maximum atomic E-state index is 6.04. The van der Waals surface area contributed by atoms with Crippen molar-refractivity contribution in [2.45, 2.75) is 40.0 Å². The van der Waals surface area contributed by atoms with Gasteiger partial charge in [0, 0.05) is 6.20 Å². The maximum absolute atomic E-state index is 6.04. The van der Waals surface area contributed by atoms with E-state index in [4.69, 9.17) is 4.43 Å². The number of aromatic nitrogens is 1. The first-order valence-electron chi connectivity index (χ1n) is 5.29. The standard InChI is InChI=1S/C12H20NOSi/c1-12(2,3)11(14-15(4)5)10-8-6-7-9-13-10/h6-9,11H,1-5H3. The highest BCUT2D eigenvalue weighted by Crippen LogP contribution is 2.35. The van der Waals surface area contributed by atoms with Gasteiger partial charge in [-0.2, -0.15) is 0 Å². The van der Waals surface area contributed by atoms with Crippen LogP contribution in [-0.2, 0) is 4.43 Å². The Labute approximate surface area is 94.4 Å². The van der Waals surface area contributed by atoms with E-state index in [1.807, 2.05) is 24.4 Å². The molecule has 0 saturated heterocycles. The largest absolute Gasteiger partial charge is 0.408 e. The summed E-state index contributed by atoms with van der Waals surface area (Å²) in [4.78, 5) is 4.39. The van der Waals surface area contributed by atoms with Crippen LogP contribution in [0.2, 0.25) is 13.1 Å². The lowest BCUT2D eigenvalue weighted by atomic mass is 9.87. The summed E-state index contributed by atoms with van der Waals surface area (Å²) in [5.74, 6) is 0. The molecule has 0 aliphatic heterocycles. The average Bonchev–Trinajstić information content (AvgIpc) is 2.14. The number of pyridine rings is 1. The van der Waals surface area contributed by atoms with Crippen LogP contribution in [0.25, 0.3) is 0 Å². The molecule has 0 fully saturated rings. The topological polar surface area (TPSA) is 22.1 Å². The third-order valence-electron chi connectivity index (χ3n) is 2.10. The van der Waals surface area contributed by atoms with Crippen LogP contribution < -0.4 is 0 Å². The third-order valence-corrected chi connectivity index (χ3v) is 2.80. The second-order valence-corrected chi connectivity index (χ2v) is 7.08. The zero-order valence-corrected chi connectivity index (χ0v) is 11.2. The lowest BCUT2D eigenvalue weighted by Gasteiger charge is -2.31. The number of hydrogen-bond acceptors (Lipinski definition) is 2. The lowest BCUT2D eigenvalue weighted by molar-refractivity contribution is 0.0827. The minimum absolute atomic E-state index is 0.0935. The van der Waals surface area contributed by atoms with E-state index in [9.17, 15) is 0 Å². The van der Waals surface area contributed by atoms with E-state index in [1.54, 1.807) is 0 Å². The van der Waals surface area contributed by atoms with Crippen LogP contribution in [0, 0.1) is 5.41 Å². The molecule has 0 N–H and O–H groups in total. The Balaban J connectivity index is 2.92. The highest BCUT2D eigenvalue weighted by molar-refractivity contribution is 6.48. The van der Waals surface area contributed by atoms with Gasteiger partial charge in [0.2, 0.25) is 9.04 Å². The molecule has 2 nitrogen and oxygen atoms in total. The molecule has 1 unspecified atom stereocenters. The first-order valence-corrected chi connectivity index (χ1v) is 7.70. The Morgan fingerprint density at radius 1 is 1.27 bits per heavy atom. The summed E-state index contributed by atoms with van der Waals surface area (Å²) in [6.07, 6.45) is 1.93. The molecule has 0 aromatic carbocycles. The molecule has 1 atom stereocenters. The van der Waals surface area contributed by atoms with Crippen molar-refractivity contribution in [1.82, 2.24) is 4.98 Å². The van der Waals surface area contributed by atoms with Crippen LogP contribution in [0.4, 0.5) is 0 Å². The third kappa shape index (κ3) is 3.76. The van der Waals surface area contributed by atoms with Crippen molar-refractivity contribution in [2.24, 2.45) is 5.41 Å². The van der Waals surface area contributed by atoms with Gasteiger partial charge in [0.25, 0.3) is 0 Å². The molecule has 15 heavy (non-hydrogen) atoms. The Bertz CT molecular complexity index is 292. The average molecular weight is 222 g/mol. The van der Waals surface area contributed by atoms with E-state index in [1.165, 1.54) is 0 Å². The molecule has 1 aromatic rings. The number of rotatable bonds is 3. The summed E-state index contributed by atoms with van der Waals surface area (Å²) in [7, 11) is -0.703. The van der Waals surface area contributed by atoms with Crippen LogP contribution in [-0.4, -0.2) is 14.0 Å². The molecule has 0 aliphatic carbocycles. The lowest BCUT2D eigenvalue weighted by Crippen LogP contribution is -2.26. The van der Waals surface area contributed by atoms with Gasteiger partial charge >= 0.3 is 0 Å². The summed E-state index contributed by atoms with van der Waals surface area (Å²) in [6, 6.07) is 6.00. The first-order chi connectivity index (χ1) is 6.91.